The van der Waals surface area contributed by atoms with E-state index >= 15 is 0 Å². The molecule has 244 valence electrons. The van der Waals surface area contributed by atoms with Crippen LogP contribution in [-0.2, 0) is 31.8 Å². The molecule has 0 spiro atoms. The zero-order valence-corrected chi connectivity index (χ0v) is 27.9. The van der Waals surface area contributed by atoms with Gasteiger partial charge in [-0.05, 0) is 50.2 Å². The third-order valence-electron chi connectivity index (χ3n) is 7.42. The molecule has 1 atom stereocenters. The number of H-pyrrole nitrogens is 2. The number of aromatic amines is 2. The standard InChI is InChI=1S/C34H36N6O5S2/c1-23-29(21-46-33-37-25-7-3-4-8-26(25)38-33)35-13-11-31(23)44-19-17-42-15-16-43-18-20-45-32-12-14-36-30(24(32)2)22-47(41)34-39-27-9-5-6-10-28(27)40-34/h3-14H,15-22H2,1-2H3,(H,37,38)(H,39,40). The summed E-state index contributed by atoms with van der Waals surface area (Å²) in [5, 5.41) is 1.31. The Kier molecular flexibility index (Phi) is 11.1. The molecular formula is C34H36N6O5S2. The van der Waals surface area contributed by atoms with Crippen molar-refractivity contribution in [3.05, 3.63) is 95.6 Å². The molecular weight excluding hydrogens is 637 g/mol. The van der Waals surface area contributed by atoms with E-state index in [1.165, 1.54) is 0 Å². The Hall–Kier alpha value is -4.30. The number of para-hydroxylation sites is 4. The molecule has 0 saturated heterocycles. The summed E-state index contributed by atoms with van der Waals surface area (Å²) < 4.78 is 36.2. The number of nitrogens with zero attached hydrogens (tertiary/aromatic N) is 4. The predicted octanol–water partition coefficient (Wildman–Crippen LogP) is 5.94. The van der Waals surface area contributed by atoms with E-state index in [4.69, 9.17) is 18.9 Å². The van der Waals surface area contributed by atoms with Crippen molar-refractivity contribution in [3.8, 4) is 11.5 Å². The summed E-state index contributed by atoms with van der Waals surface area (Å²) in [5.41, 5.74) is 7.15. The lowest BCUT2D eigenvalue weighted by Crippen LogP contribution is -2.14. The minimum Gasteiger partial charge on any atom is -0.491 e. The molecule has 2 aromatic carbocycles. The fourth-order valence-electron chi connectivity index (χ4n) is 4.83. The Bertz CT molecular complexity index is 1900. The topological polar surface area (TPSA) is 137 Å². The highest BCUT2D eigenvalue weighted by atomic mass is 32.2. The van der Waals surface area contributed by atoms with Gasteiger partial charge in [-0.15, -0.1) is 0 Å². The molecule has 2 N–H and O–H groups in total. The van der Waals surface area contributed by atoms with Gasteiger partial charge in [0.05, 0.1) is 76.4 Å². The average Bonchev–Trinajstić information content (AvgIpc) is 3.72. The van der Waals surface area contributed by atoms with Gasteiger partial charge < -0.3 is 28.9 Å². The molecule has 0 fully saturated rings. The van der Waals surface area contributed by atoms with Crippen LogP contribution in [0, 0.1) is 13.8 Å². The molecule has 1 unspecified atom stereocenters. The number of nitrogens with one attached hydrogen (secondary N) is 2. The van der Waals surface area contributed by atoms with Crippen molar-refractivity contribution in [2.45, 2.75) is 35.7 Å². The molecule has 0 saturated carbocycles. The number of fused-ring (bicyclic) bond motifs is 2. The van der Waals surface area contributed by atoms with E-state index in [2.05, 4.69) is 29.9 Å². The maximum Gasteiger partial charge on any atom is 0.197 e. The minimum absolute atomic E-state index is 0.241. The number of benzene rings is 2. The molecule has 11 nitrogen and oxygen atoms in total. The molecule has 0 bridgehead atoms. The smallest absolute Gasteiger partial charge is 0.197 e. The number of thioether (sulfide) groups is 1. The Morgan fingerprint density at radius 2 is 1.23 bits per heavy atom. The third-order valence-corrected chi connectivity index (χ3v) is 9.47. The lowest BCUT2D eigenvalue weighted by Gasteiger charge is -2.13. The average molecular weight is 673 g/mol. The molecule has 0 aliphatic heterocycles. The van der Waals surface area contributed by atoms with E-state index in [0.29, 0.717) is 62.0 Å². The summed E-state index contributed by atoms with van der Waals surface area (Å²) in [5.74, 6) is 2.42. The lowest BCUT2D eigenvalue weighted by molar-refractivity contribution is 0.0272. The molecule has 47 heavy (non-hydrogen) atoms. The monoisotopic (exact) mass is 672 g/mol. The summed E-state index contributed by atoms with van der Waals surface area (Å²) in [6.07, 6.45) is 3.44. The first-order valence-electron chi connectivity index (χ1n) is 15.3. The molecule has 6 aromatic rings. The molecule has 6 rings (SSSR count). The van der Waals surface area contributed by atoms with E-state index in [1.54, 1.807) is 30.2 Å². The zero-order valence-electron chi connectivity index (χ0n) is 26.2. The number of imidazole rings is 2. The highest BCUT2D eigenvalue weighted by Crippen LogP contribution is 2.27. The van der Waals surface area contributed by atoms with E-state index < -0.39 is 10.8 Å². The summed E-state index contributed by atoms with van der Waals surface area (Å²) in [4.78, 5) is 24.5. The second-order valence-corrected chi connectivity index (χ2v) is 12.9. The van der Waals surface area contributed by atoms with Gasteiger partial charge in [0.2, 0.25) is 0 Å². The van der Waals surface area contributed by atoms with Gasteiger partial charge in [-0.2, -0.15) is 0 Å². The van der Waals surface area contributed by atoms with Gasteiger partial charge in [-0.3, -0.25) is 14.2 Å². The van der Waals surface area contributed by atoms with Crippen LogP contribution < -0.4 is 9.47 Å². The Morgan fingerprint density at radius 3 is 1.87 bits per heavy atom. The maximum absolute atomic E-state index is 13.0. The van der Waals surface area contributed by atoms with Crippen molar-refractivity contribution in [2.24, 2.45) is 0 Å². The van der Waals surface area contributed by atoms with Crippen LogP contribution in [0.15, 0.2) is 83.4 Å². The maximum atomic E-state index is 13.0. The van der Waals surface area contributed by atoms with Crippen LogP contribution in [0.2, 0.25) is 0 Å². The van der Waals surface area contributed by atoms with Crippen LogP contribution in [0.25, 0.3) is 22.1 Å². The summed E-state index contributed by atoms with van der Waals surface area (Å²) in [7, 11) is -1.36. The normalized spacial score (nSPS) is 12.1. The van der Waals surface area contributed by atoms with Crippen molar-refractivity contribution < 1.29 is 23.2 Å². The van der Waals surface area contributed by atoms with Crippen LogP contribution in [0.1, 0.15) is 22.5 Å². The molecule has 0 radical (unpaired) electrons. The summed E-state index contributed by atoms with van der Waals surface area (Å²) in [6, 6.07) is 19.3. The number of aromatic nitrogens is 6. The van der Waals surface area contributed by atoms with Crippen molar-refractivity contribution in [2.75, 3.05) is 39.6 Å². The van der Waals surface area contributed by atoms with E-state index in [9.17, 15) is 4.21 Å². The number of pyridine rings is 2. The van der Waals surface area contributed by atoms with Gasteiger partial charge in [0.1, 0.15) is 24.7 Å². The highest BCUT2D eigenvalue weighted by molar-refractivity contribution is 7.98. The van der Waals surface area contributed by atoms with Crippen molar-refractivity contribution >= 4 is 44.6 Å². The van der Waals surface area contributed by atoms with Gasteiger partial charge in [0, 0.05) is 29.3 Å². The fourth-order valence-corrected chi connectivity index (χ4v) is 6.84. The fraction of sp³-hybridized carbons (Fsp3) is 0.294. The largest absolute Gasteiger partial charge is 0.491 e. The van der Waals surface area contributed by atoms with Crippen LogP contribution >= 0.6 is 11.8 Å². The molecule has 13 heteroatoms. The van der Waals surface area contributed by atoms with Gasteiger partial charge in [0.15, 0.2) is 10.3 Å². The Morgan fingerprint density at radius 1 is 0.681 bits per heavy atom. The van der Waals surface area contributed by atoms with Gasteiger partial charge in [-0.1, -0.05) is 36.0 Å². The predicted molar refractivity (Wildman–Crippen MR) is 182 cm³/mol. The van der Waals surface area contributed by atoms with Crippen molar-refractivity contribution in [3.63, 3.8) is 0 Å². The van der Waals surface area contributed by atoms with Crippen LogP contribution in [-0.4, -0.2) is 73.8 Å². The molecule has 0 amide bonds. The van der Waals surface area contributed by atoms with Crippen molar-refractivity contribution in [1.29, 1.82) is 0 Å². The quantitative estimate of drug-likeness (QED) is 0.0885. The second kappa shape index (κ2) is 16.0. The summed E-state index contributed by atoms with van der Waals surface area (Å²) in [6.45, 7) is 6.48. The number of hydrogen-bond donors (Lipinski definition) is 2. The lowest BCUT2D eigenvalue weighted by atomic mass is 10.2. The molecule has 4 aromatic heterocycles. The highest BCUT2D eigenvalue weighted by Gasteiger charge is 2.15. The summed E-state index contributed by atoms with van der Waals surface area (Å²) >= 11 is 1.62. The molecule has 4 heterocycles. The Balaban J connectivity index is 0.853. The zero-order chi connectivity index (χ0) is 32.4. The number of rotatable bonds is 17. The third kappa shape index (κ3) is 8.55. The van der Waals surface area contributed by atoms with Gasteiger partial charge >= 0.3 is 0 Å². The first-order chi connectivity index (χ1) is 23.0. The van der Waals surface area contributed by atoms with Crippen LogP contribution in [0.3, 0.4) is 0 Å². The van der Waals surface area contributed by atoms with Crippen molar-refractivity contribution in [1.82, 2.24) is 29.9 Å². The second-order valence-electron chi connectivity index (χ2n) is 10.6. The number of ether oxygens (including phenoxy) is 4. The van der Waals surface area contributed by atoms with Crippen LogP contribution in [0.4, 0.5) is 0 Å². The van der Waals surface area contributed by atoms with E-state index in [-0.39, 0.29) is 5.75 Å². The van der Waals surface area contributed by atoms with Crippen LogP contribution in [0.5, 0.6) is 11.5 Å². The minimum atomic E-state index is -1.36. The SMILES string of the molecule is Cc1c(OCCOCCOCCOc2ccnc(CS(=O)c3nc4ccccc4[nH]3)c2C)ccnc1CSc1nc2ccccc2[nH]1. The molecule has 0 aliphatic carbocycles. The van der Waals surface area contributed by atoms with Gasteiger partial charge in [-0.25, -0.2) is 9.97 Å². The first-order valence-corrected chi connectivity index (χ1v) is 17.6. The molecule has 0 aliphatic rings. The Labute approximate surface area is 279 Å². The first kappa shape index (κ1) is 32.6. The van der Waals surface area contributed by atoms with E-state index in [0.717, 1.165) is 49.8 Å². The van der Waals surface area contributed by atoms with E-state index in [1.807, 2.05) is 68.4 Å². The van der Waals surface area contributed by atoms with Gasteiger partial charge in [0.25, 0.3) is 0 Å². The number of hydrogen-bond acceptors (Lipinski definition) is 10.